The van der Waals surface area contributed by atoms with Crippen molar-refractivity contribution in [1.29, 1.82) is 5.26 Å². The molecule has 7 heteroatoms. The summed E-state index contributed by atoms with van der Waals surface area (Å²) in [5.74, 6) is 5.86. The summed E-state index contributed by atoms with van der Waals surface area (Å²) < 4.78 is 15.8. The third-order valence-electron chi connectivity index (χ3n) is 3.29. The van der Waals surface area contributed by atoms with Gasteiger partial charge in [-0.2, -0.15) is 5.26 Å². The molecule has 0 spiro atoms. The zero-order valence-electron chi connectivity index (χ0n) is 15.2. The Hall–Kier alpha value is -0.600. The van der Waals surface area contributed by atoms with Gasteiger partial charge >= 0.3 is 29.6 Å². The van der Waals surface area contributed by atoms with Crippen molar-refractivity contribution in [3.05, 3.63) is 0 Å². The van der Waals surface area contributed by atoms with E-state index in [-0.39, 0.29) is 56.1 Å². The number of carbonyl (C=O) groups excluding carboxylic acids is 1. The second-order valence-corrected chi connectivity index (χ2v) is 4.84. The van der Waals surface area contributed by atoms with Crippen molar-refractivity contribution in [2.45, 2.75) is 32.2 Å². The third-order valence-corrected chi connectivity index (χ3v) is 3.29. The molecule has 1 heterocycles. The van der Waals surface area contributed by atoms with Crippen LogP contribution in [-0.4, -0.2) is 63.0 Å². The van der Waals surface area contributed by atoms with Crippen LogP contribution in [0.3, 0.4) is 0 Å². The van der Waals surface area contributed by atoms with E-state index in [4.69, 9.17) is 19.5 Å². The number of hydrogen-bond acceptors (Lipinski definition) is 5. The number of amides is 1. The van der Waals surface area contributed by atoms with Gasteiger partial charge in [0.05, 0.1) is 38.5 Å². The van der Waals surface area contributed by atoms with Crippen LogP contribution in [0.15, 0.2) is 0 Å². The Bertz CT molecular complexity index is 434. The summed E-state index contributed by atoms with van der Waals surface area (Å²) in [5.41, 5.74) is 0. The number of ether oxygens (including phenoxy) is 3. The van der Waals surface area contributed by atoms with Crippen molar-refractivity contribution in [3.63, 3.8) is 0 Å². The molecule has 0 unspecified atom stereocenters. The first-order chi connectivity index (χ1) is 10.8. The monoisotopic (exact) mass is 332 g/mol. The minimum atomic E-state index is 0. The molecule has 1 amide bonds. The first-order valence-electron chi connectivity index (χ1n) is 7.65. The molecule has 0 aromatic rings. The molecule has 0 saturated carbocycles. The molecule has 0 N–H and O–H groups in total. The zero-order valence-corrected chi connectivity index (χ0v) is 16.2. The van der Waals surface area contributed by atoms with E-state index in [1.165, 1.54) is 0 Å². The average Bonchev–Trinajstić information content (AvgIpc) is 2.52. The minimum absolute atomic E-state index is 0. The van der Waals surface area contributed by atoms with E-state index in [1.54, 1.807) is 4.90 Å². The maximum atomic E-state index is 12.0. The van der Waals surface area contributed by atoms with Crippen LogP contribution in [0.25, 0.3) is 0 Å². The minimum Gasteiger partial charge on any atom is -1.00 e. The molecule has 1 aliphatic heterocycles. The molecule has 0 aliphatic carbocycles. The van der Waals surface area contributed by atoms with Crippen LogP contribution in [0.5, 0.6) is 0 Å². The van der Waals surface area contributed by atoms with Gasteiger partial charge in [0.2, 0.25) is 5.91 Å². The molecule has 1 saturated heterocycles. The van der Waals surface area contributed by atoms with Gasteiger partial charge in [0.15, 0.2) is 0 Å². The van der Waals surface area contributed by atoms with Crippen molar-refractivity contribution in [1.82, 2.24) is 4.90 Å². The number of piperidine rings is 1. The fourth-order valence-corrected chi connectivity index (χ4v) is 2.20. The number of rotatable bonds is 9. The fourth-order valence-electron chi connectivity index (χ4n) is 2.20. The Morgan fingerprint density at radius 1 is 1.26 bits per heavy atom. The standard InChI is InChI=1S/C16H24N2O4.Na.H/c1-2-20-12-13-22-14-15-6-5-7-16(19)18(15)9-3-4-10-21-11-8-17;;/h15H,2,5-7,9-14H2,1H3;;/q;+1;-1/t15-;;/m1../s1. The predicted molar refractivity (Wildman–Crippen MR) is 82.0 cm³/mol. The van der Waals surface area contributed by atoms with E-state index in [0.717, 1.165) is 12.8 Å². The fraction of sp³-hybridized carbons (Fsp3) is 0.750. The topological polar surface area (TPSA) is 71.8 Å². The van der Waals surface area contributed by atoms with Gasteiger partial charge in [0.1, 0.15) is 13.2 Å². The average molecular weight is 332 g/mol. The van der Waals surface area contributed by atoms with Gasteiger partial charge in [-0.3, -0.25) is 4.79 Å². The molecule has 0 bridgehead atoms. The Morgan fingerprint density at radius 2 is 2.04 bits per heavy atom. The summed E-state index contributed by atoms with van der Waals surface area (Å²) in [6.45, 7) is 4.90. The second kappa shape index (κ2) is 15.0. The van der Waals surface area contributed by atoms with E-state index in [9.17, 15) is 4.79 Å². The molecule has 6 nitrogen and oxygen atoms in total. The van der Waals surface area contributed by atoms with Crippen LogP contribution in [0.1, 0.15) is 27.6 Å². The van der Waals surface area contributed by atoms with Gasteiger partial charge in [-0.1, -0.05) is 11.8 Å². The van der Waals surface area contributed by atoms with Crippen LogP contribution in [0, 0.1) is 23.2 Å². The second-order valence-electron chi connectivity index (χ2n) is 4.84. The SMILES string of the molecule is CCOCCOC[C@H]1CCCC(=O)N1CC#CCOCC#N.[H-].[Na+]. The molecule has 0 aromatic heterocycles. The van der Waals surface area contributed by atoms with Crippen LogP contribution in [0.2, 0.25) is 0 Å². The normalized spacial score (nSPS) is 17.0. The Kier molecular flexibility index (Phi) is 14.6. The smallest absolute Gasteiger partial charge is 1.00 e. The van der Waals surface area contributed by atoms with Crippen LogP contribution < -0.4 is 29.6 Å². The Balaban J connectivity index is 0. The van der Waals surface area contributed by atoms with Gasteiger partial charge in [-0.15, -0.1) is 0 Å². The third kappa shape index (κ3) is 9.99. The molecule has 1 rings (SSSR count). The van der Waals surface area contributed by atoms with Crippen molar-refractivity contribution in [3.8, 4) is 17.9 Å². The summed E-state index contributed by atoms with van der Waals surface area (Å²) in [6.07, 6.45) is 2.41. The van der Waals surface area contributed by atoms with Gasteiger partial charge in [0.25, 0.3) is 0 Å². The molecular weight excluding hydrogens is 307 g/mol. The number of nitrogens with zero attached hydrogens (tertiary/aromatic N) is 2. The molecule has 0 radical (unpaired) electrons. The largest absolute Gasteiger partial charge is 1.00 e. The van der Waals surface area contributed by atoms with Gasteiger partial charge < -0.3 is 20.5 Å². The Morgan fingerprint density at radius 3 is 2.78 bits per heavy atom. The van der Waals surface area contributed by atoms with E-state index in [0.29, 0.717) is 39.4 Å². The van der Waals surface area contributed by atoms with Crippen molar-refractivity contribution in [2.24, 2.45) is 0 Å². The quantitative estimate of drug-likeness (QED) is 0.280. The first kappa shape index (κ1) is 22.4. The van der Waals surface area contributed by atoms with Crippen LogP contribution in [-0.2, 0) is 19.0 Å². The summed E-state index contributed by atoms with van der Waals surface area (Å²) in [7, 11) is 0. The zero-order chi connectivity index (χ0) is 16.0. The molecular formula is C16H25N2NaO4. The molecule has 0 aromatic carbocycles. The van der Waals surface area contributed by atoms with Crippen LogP contribution in [0.4, 0.5) is 0 Å². The number of hydrogen-bond donors (Lipinski definition) is 0. The van der Waals surface area contributed by atoms with E-state index in [1.807, 2.05) is 13.0 Å². The van der Waals surface area contributed by atoms with Gasteiger partial charge in [-0.05, 0) is 19.8 Å². The van der Waals surface area contributed by atoms with Crippen molar-refractivity contribution >= 4 is 5.91 Å². The van der Waals surface area contributed by atoms with E-state index < -0.39 is 0 Å². The summed E-state index contributed by atoms with van der Waals surface area (Å²) in [6, 6.07) is 1.96. The molecule has 1 aliphatic rings. The molecule has 1 fully saturated rings. The summed E-state index contributed by atoms with van der Waals surface area (Å²) >= 11 is 0. The first-order valence-corrected chi connectivity index (χ1v) is 7.65. The van der Waals surface area contributed by atoms with Crippen molar-refractivity contribution < 1.29 is 50.0 Å². The maximum Gasteiger partial charge on any atom is 1.00 e. The Labute approximate surface area is 162 Å². The molecule has 124 valence electrons. The predicted octanol–water partition coefficient (Wildman–Crippen LogP) is -1.92. The maximum absolute atomic E-state index is 12.0. The van der Waals surface area contributed by atoms with Crippen molar-refractivity contribution in [2.75, 3.05) is 46.2 Å². The summed E-state index contributed by atoms with van der Waals surface area (Å²) in [5, 5.41) is 8.33. The number of likely N-dealkylation sites (tertiary alicyclic amines) is 1. The van der Waals surface area contributed by atoms with E-state index >= 15 is 0 Å². The van der Waals surface area contributed by atoms with Crippen LogP contribution >= 0.6 is 0 Å². The van der Waals surface area contributed by atoms with Gasteiger partial charge in [0, 0.05) is 13.0 Å². The molecule has 1 atom stereocenters. The summed E-state index contributed by atoms with van der Waals surface area (Å²) in [4.78, 5) is 13.8. The molecule has 23 heavy (non-hydrogen) atoms. The van der Waals surface area contributed by atoms with E-state index in [2.05, 4.69) is 11.8 Å². The number of carbonyl (C=O) groups is 1. The van der Waals surface area contributed by atoms with Gasteiger partial charge in [-0.25, -0.2) is 0 Å². The number of nitriles is 1.